The minimum Gasteiger partial charge on any atom is -0.348 e. The fourth-order valence-corrected chi connectivity index (χ4v) is 1.89. The molecule has 2 rings (SSSR count). The molecule has 0 aliphatic rings. The molecule has 1 aromatic carbocycles. The van der Waals surface area contributed by atoms with Crippen LogP contribution < -0.4 is 10.6 Å². The molecule has 0 saturated carbocycles. The van der Waals surface area contributed by atoms with E-state index in [0.717, 1.165) is 12.1 Å². The van der Waals surface area contributed by atoms with Gasteiger partial charge in [0.2, 0.25) is 5.91 Å². The third-order valence-electron chi connectivity index (χ3n) is 3.04. The van der Waals surface area contributed by atoms with Gasteiger partial charge < -0.3 is 10.6 Å². The van der Waals surface area contributed by atoms with Crippen molar-refractivity contribution in [1.29, 1.82) is 0 Å². The Kier molecular flexibility index (Phi) is 5.08. The molecule has 0 saturated heterocycles. The van der Waals surface area contributed by atoms with E-state index < -0.39 is 0 Å². The summed E-state index contributed by atoms with van der Waals surface area (Å²) in [5.41, 5.74) is 1.97. The minimum absolute atomic E-state index is 0.209. The Morgan fingerprint density at radius 1 is 1.41 bits per heavy atom. The molecule has 1 heterocycles. The maximum absolute atomic E-state index is 12.1. The summed E-state index contributed by atoms with van der Waals surface area (Å²) in [6, 6.07) is 6.73. The molecule has 0 spiro atoms. The van der Waals surface area contributed by atoms with Crippen molar-refractivity contribution in [2.45, 2.75) is 20.0 Å². The van der Waals surface area contributed by atoms with Crippen molar-refractivity contribution in [1.82, 2.24) is 15.1 Å². The summed E-state index contributed by atoms with van der Waals surface area (Å²) in [4.78, 5) is 23.4. The van der Waals surface area contributed by atoms with E-state index in [1.54, 1.807) is 35.1 Å². The smallest absolute Gasteiger partial charge is 0.251 e. The van der Waals surface area contributed by atoms with Gasteiger partial charge in [0, 0.05) is 36.1 Å². The van der Waals surface area contributed by atoms with Gasteiger partial charge in [0.15, 0.2) is 0 Å². The second kappa shape index (κ2) is 7.21. The van der Waals surface area contributed by atoms with Gasteiger partial charge in [-0.25, -0.2) is 0 Å². The van der Waals surface area contributed by atoms with Crippen LogP contribution in [0.5, 0.6) is 0 Å². The van der Waals surface area contributed by atoms with Gasteiger partial charge in [-0.3, -0.25) is 14.3 Å². The van der Waals surface area contributed by atoms with Gasteiger partial charge in [-0.2, -0.15) is 5.10 Å². The summed E-state index contributed by atoms with van der Waals surface area (Å²) in [7, 11) is 0. The molecule has 2 N–H and O–H groups in total. The number of carbonyl (C=O) groups excluding carboxylic acids is 2. The van der Waals surface area contributed by atoms with Gasteiger partial charge in [-0.1, -0.05) is 12.6 Å². The number of anilines is 1. The van der Waals surface area contributed by atoms with Crippen LogP contribution in [-0.4, -0.2) is 21.6 Å². The molecule has 6 nitrogen and oxygen atoms in total. The third-order valence-corrected chi connectivity index (χ3v) is 3.04. The number of aryl methyl sites for hydroxylation is 1. The number of aromatic nitrogens is 2. The highest BCUT2D eigenvalue weighted by Crippen LogP contribution is 2.11. The second-order valence-corrected chi connectivity index (χ2v) is 4.66. The number of hydrogen-bond donors (Lipinski definition) is 2. The Bertz CT molecular complexity index is 691. The molecule has 0 atom stereocenters. The number of carbonyl (C=O) groups is 2. The zero-order valence-electron chi connectivity index (χ0n) is 12.4. The lowest BCUT2D eigenvalue weighted by Crippen LogP contribution is -2.22. The van der Waals surface area contributed by atoms with Crippen LogP contribution in [0.4, 0.5) is 5.69 Å². The van der Waals surface area contributed by atoms with Crippen LogP contribution in [0.15, 0.2) is 49.3 Å². The normalized spacial score (nSPS) is 10.0. The highest BCUT2D eigenvalue weighted by molar-refractivity contribution is 6.00. The highest BCUT2D eigenvalue weighted by Gasteiger charge is 2.07. The first kappa shape index (κ1) is 15.5. The Hall–Kier alpha value is -2.89. The SMILES string of the molecule is C=CC(=O)Nc1cccc(C(=O)NCc2cnn(CC)c2)c1. The summed E-state index contributed by atoms with van der Waals surface area (Å²) in [6.07, 6.45) is 4.80. The monoisotopic (exact) mass is 298 g/mol. The Labute approximate surface area is 128 Å². The first-order chi connectivity index (χ1) is 10.6. The van der Waals surface area contributed by atoms with E-state index in [9.17, 15) is 9.59 Å². The van der Waals surface area contributed by atoms with E-state index in [1.807, 2.05) is 13.1 Å². The fourth-order valence-electron chi connectivity index (χ4n) is 1.89. The number of hydrogen-bond acceptors (Lipinski definition) is 3. The van der Waals surface area contributed by atoms with Crippen molar-refractivity contribution in [3.63, 3.8) is 0 Å². The van der Waals surface area contributed by atoms with Gasteiger partial charge in [0.25, 0.3) is 5.91 Å². The van der Waals surface area contributed by atoms with Crippen molar-refractivity contribution in [3.8, 4) is 0 Å². The molecule has 2 aromatic rings. The molecule has 2 amide bonds. The van der Waals surface area contributed by atoms with Crippen molar-refractivity contribution in [2.75, 3.05) is 5.32 Å². The molecule has 0 aliphatic carbocycles. The van der Waals surface area contributed by atoms with Crippen LogP contribution in [0.25, 0.3) is 0 Å². The molecular weight excluding hydrogens is 280 g/mol. The van der Waals surface area contributed by atoms with E-state index in [-0.39, 0.29) is 11.8 Å². The predicted molar refractivity (Wildman–Crippen MR) is 84.3 cm³/mol. The van der Waals surface area contributed by atoms with Crippen LogP contribution in [0.1, 0.15) is 22.8 Å². The predicted octanol–water partition coefficient (Wildman–Crippen LogP) is 1.96. The second-order valence-electron chi connectivity index (χ2n) is 4.66. The average Bonchev–Trinajstić information content (AvgIpc) is 3.00. The number of nitrogens with one attached hydrogen (secondary N) is 2. The van der Waals surface area contributed by atoms with Crippen LogP contribution >= 0.6 is 0 Å². The van der Waals surface area contributed by atoms with Crippen molar-refractivity contribution in [2.24, 2.45) is 0 Å². The van der Waals surface area contributed by atoms with Gasteiger partial charge in [-0.15, -0.1) is 0 Å². The Balaban J connectivity index is 1.98. The molecule has 6 heteroatoms. The molecule has 0 unspecified atom stereocenters. The maximum Gasteiger partial charge on any atom is 0.251 e. The van der Waals surface area contributed by atoms with Crippen LogP contribution in [0, 0.1) is 0 Å². The Morgan fingerprint density at radius 2 is 2.23 bits per heavy atom. The van der Waals surface area contributed by atoms with E-state index >= 15 is 0 Å². The van der Waals surface area contributed by atoms with E-state index in [0.29, 0.717) is 17.8 Å². The summed E-state index contributed by atoms with van der Waals surface area (Å²) >= 11 is 0. The van der Waals surface area contributed by atoms with E-state index in [2.05, 4.69) is 22.3 Å². The third kappa shape index (κ3) is 4.05. The summed E-state index contributed by atoms with van der Waals surface area (Å²) in [5, 5.41) is 9.59. The van der Waals surface area contributed by atoms with E-state index in [1.165, 1.54) is 6.08 Å². The van der Waals surface area contributed by atoms with Crippen molar-refractivity contribution < 1.29 is 9.59 Å². The number of nitrogens with zero attached hydrogens (tertiary/aromatic N) is 2. The van der Waals surface area contributed by atoms with Crippen molar-refractivity contribution >= 4 is 17.5 Å². The van der Waals surface area contributed by atoms with Crippen LogP contribution in [0.2, 0.25) is 0 Å². The zero-order valence-corrected chi connectivity index (χ0v) is 12.4. The quantitative estimate of drug-likeness (QED) is 0.800. The molecule has 1 aromatic heterocycles. The van der Waals surface area contributed by atoms with Crippen LogP contribution in [-0.2, 0) is 17.9 Å². The Morgan fingerprint density at radius 3 is 2.91 bits per heavy atom. The van der Waals surface area contributed by atoms with Gasteiger partial charge in [-0.05, 0) is 31.2 Å². The molecule has 0 bridgehead atoms. The van der Waals surface area contributed by atoms with Gasteiger partial charge in [0.1, 0.15) is 0 Å². The van der Waals surface area contributed by atoms with Gasteiger partial charge in [0.05, 0.1) is 6.20 Å². The van der Waals surface area contributed by atoms with Crippen LogP contribution in [0.3, 0.4) is 0 Å². The highest BCUT2D eigenvalue weighted by atomic mass is 16.2. The lowest BCUT2D eigenvalue weighted by atomic mass is 10.2. The lowest BCUT2D eigenvalue weighted by molar-refractivity contribution is -0.111. The number of amides is 2. The maximum atomic E-state index is 12.1. The topological polar surface area (TPSA) is 76.0 Å². The minimum atomic E-state index is -0.315. The fraction of sp³-hybridized carbons (Fsp3) is 0.188. The molecule has 0 aliphatic heterocycles. The molecule has 0 fully saturated rings. The summed E-state index contributed by atoms with van der Waals surface area (Å²) in [6.45, 7) is 6.58. The van der Waals surface area contributed by atoms with Gasteiger partial charge >= 0.3 is 0 Å². The molecular formula is C16H18N4O2. The zero-order chi connectivity index (χ0) is 15.9. The lowest BCUT2D eigenvalue weighted by Gasteiger charge is -2.06. The molecule has 0 radical (unpaired) electrons. The first-order valence-corrected chi connectivity index (χ1v) is 6.95. The van der Waals surface area contributed by atoms with Crippen molar-refractivity contribution in [3.05, 3.63) is 60.4 Å². The molecule has 114 valence electrons. The summed E-state index contributed by atoms with van der Waals surface area (Å²) in [5.74, 6) is -0.525. The number of rotatable bonds is 6. The molecule has 22 heavy (non-hydrogen) atoms. The standard InChI is InChI=1S/C16H18N4O2/c1-3-15(21)19-14-7-5-6-13(8-14)16(22)17-9-12-10-18-20(4-2)11-12/h3,5-8,10-11H,1,4,9H2,2H3,(H,17,22)(H,19,21). The first-order valence-electron chi connectivity index (χ1n) is 6.95. The number of benzene rings is 1. The van der Waals surface area contributed by atoms with E-state index in [4.69, 9.17) is 0 Å². The largest absolute Gasteiger partial charge is 0.348 e. The summed E-state index contributed by atoms with van der Waals surface area (Å²) < 4.78 is 1.80. The average molecular weight is 298 g/mol.